The molecule has 0 unspecified atom stereocenters. The second-order valence-electron chi connectivity index (χ2n) is 7.78. The van der Waals surface area contributed by atoms with E-state index >= 15 is 0 Å². The maximum Gasteiger partial charge on any atom is 0.0258 e. The normalized spacial score (nSPS) is 12.1. The molecule has 0 bridgehead atoms. The zero-order valence-corrected chi connectivity index (χ0v) is 13.6. The molecule has 0 aliphatic rings. The van der Waals surface area contributed by atoms with E-state index < -0.39 is 0 Å². The van der Waals surface area contributed by atoms with Gasteiger partial charge in [0.15, 0.2) is 0 Å². The van der Waals surface area contributed by atoms with E-state index in [2.05, 4.69) is 68.2 Å². The van der Waals surface area contributed by atoms with Gasteiger partial charge in [0.25, 0.3) is 0 Å². The Hall–Kier alpha value is -0.440. The molecule has 0 radical (unpaired) electrons. The summed E-state index contributed by atoms with van der Waals surface area (Å²) in [5, 5.41) is 0. The van der Waals surface area contributed by atoms with Gasteiger partial charge in [-0.3, -0.25) is 0 Å². The van der Waals surface area contributed by atoms with E-state index in [1.807, 2.05) is 0 Å². The number of rotatable bonds is 3. The van der Waals surface area contributed by atoms with Crippen molar-refractivity contribution in [2.24, 2.45) is 22.7 Å². The molecular weight excluding hydrogens is 204 g/mol. The summed E-state index contributed by atoms with van der Waals surface area (Å²) < 4.78 is 0. The van der Waals surface area contributed by atoms with Crippen LogP contribution in [0.25, 0.3) is 0 Å². The molecule has 0 heterocycles. The highest BCUT2D eigenvalue weighted by molar-refractivity contribution is 5.00. The number of hydrogen-bond donors (Lipinski definition) is 0. The SMILES string of the molecule is C#CC(C)(C)CC(C)C.CC(C)CC(C)(C)C. The molecule has 0 N–H and O–H groups in total. The zero-order valence-electron chi connectivity index (χ0n) is 13.6. The largest absolute Gasteiger partial charge is 0.120 e. The van der Waals surface area contributed by atoms with Crippen LogP contribution in [0.1, 0.15) is 75.2 Å². The van der Waals surface area contributed by atoms with Gasteiger partial charge in [0.05, 0.1) is 0 Å². The van der Waals surface area contributed by atoms with Crippen molar-refractivity contribution < 1.29 is 0 Å². The van der Waals surface area contributed by atoms with Gasteiger partial charge in [-0.15, -0.1) is 12.3 Å². The molecule has 0 aromatic rings. The van der Waals surface area contributed by atoms with E-state index in [0.717, 1.165) is 12.3 Å². The molecule has 17 heavy (non-hydrogen) atoms. The van der Waals surface area contributed by atoms with E-state index in [-0.39, 0.29) is 5.41 Å². The van der Waals surface area contributed by atoms with E-state index in [1.54, 1.807) is 0 Å². The van der Waals surface area contributed by atoms with Crippen molar-refractivity contribution in [1.82, 2.24) is 0 Å². The lowest BCUT2D eigenvalue weighted by Crippen LogP contribution is -2.10. The first kappa shape index (κ1) is 18.9. The Morgan fingerprint density at radius 1 is 0.824 bits per heavy atom. The Kier molecular flexibility index (Phi) is 8.68. The fourth-order valence-corrected chi connectivity index (χ4v) is 2.30. The summed E-state index contributed by atoms with van der Waals surface area (Å²) in [6, 6.07) is 0. The average molecular weight is 238 g/mol. The summed E-state index contributed by atoms with van der Waals surface area (Å²) >= 11 is 0. The average Bonchev–Trinajstić information content (AvgIpc) is 1.97. The van der Waals surface area contributed by atoms with Gasteiger partial charge < -0.3 is 0 Å². The van der Waals surface area contributed by atoms with Gasteiger partial charge in [-0.05, 0) is 43.9 Å². The fourth-order valence-electron chi connectivity index (χ4n) is 2.30. The molecule has 0 saturated heterocycles. The van der Waals surface area contributed by atoms with Gasteiger partial charge in [-0.2, -0.15) is 0 Å². The molecule has 0 fully saturated rings. The smallest absolute Gasteiger partial charge is 0.0258 e. The molecular formula is C17H34. The van der Waals surface area contributed by atoms with Crippen LogP contribution in [0.15, 0.2) is 0 Å². The molecule has 0 heteroatoms. The third kappa shape index (κ3) is 18.1. The Balaban J connectivity index is 0. The number of hydrogen-bond acceptors (Lipinski definition) is 0. The lowest BCUT2D eigenvalue weighted by Gasteiger charge is -2.19. The van der Waals surface area contributed by atoms with Crippen LogP contribution in [0, 0.1) is 35.0 Å². The van der Waals surface area contributed by atoms with Crippen molar-refractivity contribution in [2.75, 3.05) is 0 Å². The van der Waals surface area contributed by atoms with Crippen molar-refractivity contribution in [3.63, 3.8) is 0 Å². The molecule has 0 rings (SSSR count). The molecule has 102 valence electrons. The monoisotopic (exact) mass is 238 g/mol. The van der Waals surface area contributed by atoms with Crippen molar-refractivity contribution in [1.29, 1.82) is 0 Å². The molecule has 0 amide bonds. The minimum absolute atomic E-state index is 0.0914. The third-order valence-electron chi connectivity index (χ3n) is 2.33. The summed E-state index contributed by atoms with van der Waals surface area (Å²) in [6.45, 7) is 20.0. The van der Waals surface area contributed by atoms with Gasteiger partial charge in [0, 0.05) is 5.41 Å². The number of terminal acetylenes is 1. The van der Waals surface area contributed by atoms with Gasteiger partial charge >= 0.3 is 0 Å². The maximum absolute atomic E-state index is 5.30. The van der Waals surface area contributed by atoms with Crippen LogP contribution in [0.2, 0.25) is 0 Å². The maximum atomic E-state index is 5.30. The molecule has 0 aliphatic carbocycles. The Morgan fingerprint density at radius 3 is 1.24 bits per heavy atom. The first-order valence-corrected chi connectivity index (χ1v) is 6.87. The predicted molar refractivity (Wildman–Crippen MR) is 81.0 cm³/mol. The highest BCUT2D eigenvalue weighted by atomic mass is 14.2. The summed E-state index contributed by atoms with van der Waals surface area (Å²) in [5.74, 6) is 4.32. The molecule has 0 saturated carbocycles. The quantitative estimate of drug-likeness (QED) is 0.547. The second-order valence-corrected chi connectivity index (χ2v) is 7.78. The summed E-state index contributed by atoms with van der Waals surface area (Å²) in [7, 11) is 0. The van der Waals surface area contributed by atoms with Crippen molar-refractivity contribution in [3.05, 3.63) is 0 Å². The van der Waals surface area contributed by atoms with Crippen LogP contribution >= 0.6 is 0 Å². The van der Waals surface area contributed by atoms with E-state index in [9.17, 15) is 0 Å². The van der Waals surface area contributed by atoms with Gasteiger partial charge in [0.1, 0.15) is 0 Å². The fraction of sp³-hybridized carbons (Fsp3) is 0.882. The minimum Gasteiger partial charge on any atom is -0.120 e. The first-order chi connectivity index (χ1) is 7.39. The van der Waals surface area contributed by atoms with Crippen molar-refractivity contribution >= 4 is 0 Å². The van der Waals surface area contributed by atoms with Crippen LogP contribution in [0.4, 0.5) is 0 Å². The Bertz CT molecular complexity index is 217. The summed E-state index contributed by atoms with van der Waals surface area (Å²) in [6.07, 6.45) is 7.75. The molecule has 0 nitrogen and oxygen atoms in total. The first-order valence-electron chi connectivity index (χ1n) is 6.87. The van der Waals surface area contributed by atoms with Crippen LogP contribution in [0.3, 0.4) is 0 Å². The van der Waals surface area contributed by atoms with E-state index in [1.165, 1.54) is 6.42 Å². The summed E-state index contributed by atoms with van der Waals surface area (Å²) in [5.41, 5.74) is 0.613. The Labute approximate surface area is 111 Å². The van der Waals surface area contributed by atoms with Crippen LogP contribution in [-0.2, 0) is 0 Å². The minimum atomic E-state index is 0.0914. The molecule has 0 aromatic heterocycles. The van der Waals surface area contributed by atoms with Gasteiger partial charge in [-0.1, -0.05) is 48.5 Å². The van der Waals surface area contributed by atoms with Crippen molar-refractivity contribution in [3.8, 4) is 12.3 Å². The highest BCUT2D eigenvalue weighted by Gasteiger charge is 2.14. The molecule has 0 spiro atoms. The van der Waals surface area contributed by atoms with Gasteiger partial charge in [-0.25, -0.2) is 0 Å². The molecule has 0 aromatic carbocycles. The van der Waals surface area contributed by atoms with Crippen LogP contribution in [-0.4, -0.2) is 0 Å². The van der Waals surface area contributed by atoms with Crippen molar-refractivity contribution in [2.45, 2.75) is 75.2 Å². The van der Waals surface area contributed by atoms with Crippen LogP contribution in [0.5, 0.6) is 0 Å². The van der Waals surface area contributed by atoms with Crippen LogP contribution < -0.4 is 0 Å². The third-order valence-corrected chi connectivity index (χ3v) is 2.33. The molecule has 0 atom stereocenters. The molecule has 0 aliphatic heterocycles. The Morgan fingerprint density at radius 2 is 1.18 bits per heavy atom. The van der Waals surface area contributed by atoms with E-state index in [0.29, 0.717) is 11.3 Å². The van der Waals surface area contributed by atoms with E-state index in [4.69, 9.17) is 6.42 Å². The predicted octanol–water partition coefficient (Wildman–Crippen LogP) is 5.77. The summed E-state index contributed by atoms with van der Waals surface area (Å²) in [4.78, 5) is 0. The second kappa shape index (κ2) is 7.80. The standard InChI is InChI=1S/C9H16.C8H18/c1-6-9(4,5)7-8(2)3;1-7(2)6-8(3,4)5/h1,8H,7H2,2-5H3;7H,6H2,1-5H3. The lowest BCUT2D eigenvalue weighted by atomic mass is 9.85. The lowest BCUT2D eigenvalue weighted by molar-refractivity contribution is 0.320. The topological polar surface area (TPSA) is 0 Å². The highest BCUT2D eigenvalue weighted by Crippen LogP contribution is 2.23. The van der Waals surface area contributed by atoms with Gasteiger partial charge in [0.2, 0.25) is 0 Å². The zero-order chi connectivity index (χ0) is 14.3.